The Morgan fingerprint density at radius 2 is 1.83 bits per heavy atom. The molecule has 0 aromatic heterocycles. The summed E-state index contributed by atoms with van der Waals surface area (Å²) in [6.45, 7) is 4.24. The van der Waals surface area contributed by atoms with E-state index < -0.39 is 11.6 Å². The molecule has 2 aromatic carbocycles. The Balaban J connectivity index is 2.83. The Kier molecular flexibility index (Phi) is 5.91. The Morgan fingerprint density at radius 3 is 2.38 bits per heavy atom. The van der Waals surface area contributed by atoms with Crippen LogP contribution in [-0.2, 0) is 6.42 Å². The lowest BCUT2D eigenvalue weighted by atomic mass is 9.89. The van der Waals surface area contributed by atoms with Crippen LogP contribution in [-0.4, -0.2) is 19.0 Å². The number of nitrogens with one attached hydrogen (secondary N) is 1. The van der Waals surface area contributed by atoms with Crippen LogP contribution < -0.4 is 11.1 Å². The van der Waals surface area contributed by atoms with Crippen LogP contribution in [0.15, 0.2) is 24.3 Å². The molecule has 0 aliphatic carbocycles. The fourth-order valence-corrected chi connectivity index (χ4v) is 2.94. The highest BCUT2D eigenvalue weighted by molar-refractivity contribution is 6.32. The number of hydrogen-bond acceptors (Lipinski definition) is 2. The Bertz CT molecular complexity index is 758. The molecule has 0 saturated heterocycles. The third kappa shape index (κ3) is 3.74. The van der Waals surface area contributed by atoms with E-state index in [-0.39, 0.29) is 11.5 Å². The summed E-state index contributed by atoms with van der Waals surface area (Å²) < 4.78 is 27.4. The number of rotatable bonds is 5. The van der Waals surface area contributed by atoms with Gasteiger partial charge in [-0.3, -0.25) is 4.79 Å². The summed E-state index contributed by atoms with van der Waals surface area (Å²) in [5.41, 5.74) is 7.96. The predicted octanol–water partition coefficient (Wildman–Crippen LogP) is 3.84. The number of amides is 1. The highest BCUT2D eigenvalue weighted by atomic mass is 35.5. The molecule has 0 bridgehead atoms. The lowest BCUT2D eigenvalue weighted by Gasteiger charge is -2.19. The van der Waals surface area contributed by atoms with E-state index in [0.29, 0.717) is 46.8 Å². The molecule has 0 aliphatic heterocycles. The maximum atomic E-state index is 13.7. The molecule has 6 heteroatoms. The van der Waals surface area contributed by atoms with Gasteiger partial charge in [0.25, 0.3) is 5.91 Å². The van der Waals surface area contributed by atoms with Gasteiger partial charge in [0.05, 0.1) is 5.56 Å². The average Bonchev–Trinajstić information content (AvgIpc) is 2.49. The van der Waals surface area contributed by atoms with Gasteiger partial charge in [-0.05, 0) is 67.3 Å². The number of hydrogen-bond donors (Lipinski definition) is 2. The third-order valence-electron chi connectivity index (χ3n) is 3.73. The van der Waals surface area contributed by atoms with Gasteiger partial charge in [0.2, 0.25) is 0 Å². The molecule has 0 radical (unpaired) electrons. The van der Waals surface area contributed by atoms with Crippen LogP contribution >= 0.6 is 11.6 Å². The van der Waals surface area contributed by atoms with Gasteiger partial charge in [-0.1, -0.05) is 11.6 Å². The molecule has 0 spiro atoms. The van der Waals surface area contributed by atoms with Crippen LogP contribution in [0.25, 0.3) is 11.1 Å². The topological polar surface area (TPSA) is 55.1 Å². The summed E-state index contributed by atoms with van der Waals surface area (Å²) in [4.78, 5) is 12.5. The van der Waals surface area contributed by atoms with E-state index in [1.54, 1.807) is 19.9 Å². The minimum atomic E-state index is -0.710. The molecule has 128 valence electrons. The van der Waals surface area contributed by atoms with Gasteiger partial charge < -0.3 is 11.1 Å². The van der Waals surface area contributed by atoms with Crippen molar-refractivity contribution in [3.63, 3.8) is 0 Å². The van der Waals surface area contributed by atoms with E-state index in [2.05, 4.69) is 5.32 Å². The van der Waals surface area contributed by atoms with Gasteiger partial charge in [0, 0.05) is 17.6 Å². The first kappa shape index (κ1) is 18.4. The van der Waals surface area contributed by atoms with Crippen molar-refractivity contribution >= 4 is 17.5 Å². The van der Waals surface area contributed by atoms with Crippen LogP contribution in [0.1, 0.15) is 28.4 Å². The van der Waals surface area contributed by atoms with Crippen molar-refractivity contribution in [2.75, 3.05) is 13.1 Å². The molecule has 3 nitrogen and oxygen atoms in total. The van der Waals surface area contributed by atoms with E-state index in [4.69, 9.17) is 17.3 Å². The highest BCUT2D eigenvalue weighted by Gasteiger charge is 2.22. The van der Waals surface area contributed by atoms with Crippen molar-refractivity contribution in [2.24, 2.45) is 5.73 Å². The van der Waals surface area contributed by atoms with Crippen molar-refractivity contribution in [2.45, 2.75) is 20.3 Å². The number of benzene rings is 2. The van der Waals surface area contributed by atoms with E-state index in [9.17, 15) is 13.6 Å². The Hall–Kier alpha value is -1.98. The first-order chi connectivity index (χ1) is 11.4. The standard InChI is InChI=1S/C18H19ClF2N2O/c1-3-23-18(24)16-10(2)15(19)8-11(4-5-22)17(16)12-6-13(20)9-14(21)7-12/h6-9H,3-5,22H2,1-2H3,(H,23,24). The highest BCUT2D eigenvalue weighted by Crippen LogP contribution is 2.35. The fourth-order valence-electron chi connectivity index (χ4n) is 2.71. The van der Waals surface area contributed by atoms with Gasteiger partial charge in [-0.25, -0.2) is 8.78 Å². The van der Waals surface area contributed by atoms with Crippen LogP contribution in [0.2, 0.25) is 5.02 Å². The molecule has 0 atom stereocenters. The van der Waals surface area contributed by atoms with Crippen LogP contribution in [0, 0.1) is 18.6 Å². The molecule has 0 aliphatic rings. The molecule has 0 saturated carbocycles. The zero-order valence-electron chi connectivity index (χ0n) is 13.6. The van der Waals surface area contributed by atoms with Gasteiger partial charge >= 0.3 is 0 Å². The molecule has 1 amide bonds. The second-order valence-electron chi connectivity index (χ2n) is 5.45. The van der Waals surface area contributed by atoms with E-state index in [0.717, 1.165) is 6.07 Å². The lowest BCUT2D eigenvalue weighted by Crippen LogP contribution is -2.25. The first-order valence-electron chi connectivity index (χ1n) is 7.65. The molecule has 2 aromatic rings. The lowest BCUT2D eigenvalue weighted by molar-refractivity contribution is 0.0955. The van der Waals surface area contributed by atoms with Crippen LogP contribution in [0.5, 0.6) is 0 Å². The summed E-state index contributed by atoms with van der Waals surface area (Å²) in [6.07, 6.45) is 0.430. The monoisotopic (exact) mass is 352 g/mol. The molecule has 2 rings (SSSR count). The number of carbonyl (C=O) groups excluding carboxylic acids is 1. The van der Waals surface area contributed by atoms with Crippen LogP contribution in [0.4, 0.5) is 8.78 Å². The number of carbonyl (C=O) groups is 1. The molecular weight excluding hydrogens is 334 g/mol. The van der Waals surface area contributed by atoms with Crippen molar-refractivity contribution in [3.05, 3.63) is 57.6 Å². The maximum absolute atomic E-state index is 13.7. The van der Waals surface area contributed by atoms with Crippen molar-refractivity contribution in [3.8, 4) is 11.1 Å². The quantitative estimate of drug-likeness (QED) is 0.858. The van der Waals surface area contributed by atoms with Gasteiger partial charge in [0.15, 0.2) is 0 Å². The SMILES string of the molecule is CCNC(=O)c1c(C)c(Cl)cc(CCN)c1-c1cc(F)cc(F)c1. The van der Waals surface area contributed by atoms with Crippen molar-refractivity contribution in [1.29, 1.82) is 0 Å². The number of halogens is 3. The summed E-state index contributed by atoms with van der Waals surface area (Å²) in [6, 6.07) is 4.90. The smallest absolute Gasteiger partial charge is 0.252 e. The van der Waals surface area contributed by atoms with E-state index >= 15 is 0 Å². The maximum Gasteiger partial charge on any atom is 0.252 e. The Labute approximate surface area is 144 Å². The minimum Gasteiger partial charge on any atom is -0.352 e. The molecule has 0 unspecified atom stereocenters. The molecular formula is C18H19ClF2N2O. The summed E-state index contributed by atoms with van der Waals surface area (Å²) in [7, 11) is 0. The number of nitrogens with two attached hydrogens (primary N) is 1. The van der Waals surface area contributed by atoms with Crippen molar-refractivity contribution < 1.29 is 13.6 Å². The average molecular weight is 353 g/mol. The van der Waals surface area contributed by atoms with Gasteiger partial charge in [-0.15, -0.1) is 0 Å². The van der Waals surface area contributed by atoms with Crippen molar-refractivity contribution in [1.82, 2.24) is 5.32 Å². The molecule has 24 heavy (non-hydrogen) atoms. The first-order valence-corrected chi connectivity index (χ1v) is 8.03. The third-order valence-corrected chi connectivity index (χ3v) is 4.13. The zero-order valence-corrected chi connectivity index (χ0v) is 14.3. The van der Waals surface area contributed by atoms with E-state index in [1.807, 2.05) is 0 Å². The normalized spacial score (nSPS) is 10.8. The van der Waals surface area contributed by atoms with Crippen LogP contribution in [0.3, 0.4) is 0 Å². The van der Waals surface area contributed by atoms with E-state index in [1.165, 1.54) is 12.1 Å². The predicted molar refractivity (Wildman–Crippen MR) is 92.3 cm³/mol. The summed E-state index contributed by atoms with van der Waals surface area (Å²) in [5.74, 6) is -1.76. The summed E-state index contributed by atoms with van der Waals surface area (Å²) in [5, 5.41) is 3.14. The van der Waals surface area contributed by atoms with Gasteiger partial charge in [-0.2, -0.15) is 0 Å². The largest absolute Gasteiger partial charge is 0.352 e. The second-order valence-corrected chi connectivity index (χ2v) is 5.86. The zero-order chi connectivity index (χ0) is 17.9. The summed E-state index contributed by atoms with van der Waals surface area (Å²) >= 11 is 6.25. The molecule has 0 fully saturated rings. The second kappa shape index (κ2) is 7.73. The minimum absolute atomic E-state index is 0.289. The van der Waals surface area contributed by atoms with Gasteiger partial charge in [0.1, 0.15) is 11.6 Å². The molecule has 0 heterocycles. The fraction of sp³-hybridized carbons (Fsp3) is 0.278. The Morgan fingerprint density at radius 1 is 1.21 bits per heavy atom. The molecule has 3 N–H and O–H groups in total.